The van der Waals surface area contributed by atoms with Gasteiger partial charge in [0, 0.05) is 23.9 Å². The lowest BCUT2D eigenvalue weighted by atomic mass is 9.78. The van der Waals surface area contributed by atoms with E-state index in [9.17, 15) is 0 Å². The number of fused-ring (bicyclic) bond motifs is 2. The van der Waals surface area contributed by atoms with Crippen molar-refractivity contribution >= 4 is 16.7 Å². The Balaban J connectivity index is 1.75. The average molecular weight is 254 g/mol. The van der Waals surface area contributed by atoms with Gasteiger partial charge < -0.3 is 9.73 Å². The van der Waals surface area contributed by atoms with E-state index in [1.54, 1.807) is 0 Å². The van der Waals surface area contributed by atoms with Crippen molar-refractivity contribution < 1.29 is 4.42 Å². The second kappa shape index (κ2) is 4.49. The van der Waals surface area contributed by atoms with Crippen LogP contribution in [0.2, 0.25) is 0 Å². The van der Waals surface area contributed by atoms with E-state index in [1.807, 2.05) is 18.3 Å². The van der Waals surface area contributed by atoms with Crippen LogP contribution in [0.3, 0.4) is 0 Å². The third-order valence-corrected chi connectivity index (χ3v) is 4.40. The molecule has 1 aliphatic heterocycles. The molecule has 4 rings (SSSR count). The molecule has 3 heteroatoms. The van der Waals surface area contributed by atoms with E-state index in [0.29, 0.717) is 6.04 Å². The Hall–Kier alpha value is -1.61. The van der Waals surface area contributed by atoms with Crippen LogP contribution in [0.4, 0.5) is 0 Å². The van der Waals surface area contributed by atoms with Crippen molar-refractivity contribution in [3.63, 3.8) is 0 Å². The Kier molecular flexibility index (Phi) is 2.66. The summed E-state index contributed by atoms with van der Waals surface area (Å²) in [5.74, 6) is 1.77. The van der Waals surface area contributed by atoms with Crippen LogP contribution in [0.15, 0.2) is 34.9 Å². The third kappa shape index (κ3) is 1.89. The minimum Gasteiger partial charge on any atom is -0.455 e. The van der Waals surface area contributed by atoms with Crippen molar-refractivity contribution in [1.82, 2.24) is 10.3 Å². The Bertz CT molecular complexity index is 595. The highest BCUT2D eigenvalue weighted by Crippen LogP contribution is 2.37. The van der Waals surface area contributed by atoms with Crippen molar-refractivity contribution in [3.8, 4) is 0 Å². The zero-order chi connectivity index (χ0) is 12.7. The summed E-state index contributed by atoms with van der Waals surface area (Å²) in [5.41, 5.74) is 3.18. The van der Waals surface area contributed by atoms with Crippen molar-refractivity contribution in [2.75, 3.05) is 6.54 Å². The lowest BCUT2D eigenvalue weighted by molar-refractivity contribution is 0.301. The first kappa shape index (κ1) is 11.2. The summed E-state index contributed by atoms with van der Waals surface area (Å²) in [4.78, 5) is 4.36. The average Bonchev–Trinajstić information content (AvgIpc) is 2.90. The van der Waals surface area contributed by atoms with Crippen LogP contribution in [0.25, 0.3) is 16.7 Å². The molecule has 1 aliphatic carbocycles. The fourth-order valence-corrected chi connectivity index (χ4v) is 3.48. The molecule has 98 valence electrons. The first-order chi connectivity index (χ1) is 9.42. The number of nitrogens with zero attached hydrogens (tertiary/aromatic N) is 1. The van der Waals surface area contributed by atoms with Crippen LogP contribution >= 0.6 is 0 Å². The molecule has 3 nitrogen and oxygen atoms in total. The Labute approximate surface area is 112 Å². The molecule has 3 heterocycles. The van der Waals surface area contributed by atoms with Crippen molar-refractivity contribution in [3.05, 3.63) is 36.2 Å². The topological polar surface area (TPSA) is 38.1 Å². The summed E-state index contributed by atoms with van der Waals surface area (Å²) in [6, 6.07) is 6.47. The zero-order valence-electron chi connectivity index (χ0n) is 10.9. The van der Waals surface area contributed by atoms with Crippen molar-refractivity contribution in [2.45, 2.75) is 31.7 Å². The molecule has 0 radical (unpaired) electrons. The molecular formula is C16H18N2O. The van der Waals surface area contributed by atoms with E-state index in [4.69, 9.17) is 4.42 Å². The predicted molar refractivity (Wildman–Crippen MR) is 75.7 cm³/mol. The fourth-order valence-electron chi connectivity index (χ4n) is 3.48. The molecule has 1 fully saturated rings. The molecule has 1 saturated heterocycles. The van der Waals surface area contributed by atoms with Crippen LogP contribution in [-0.4, -0.2) is 17.6 Å². The number of nitrogens with one attached hydrogen (secondary N) is 1. The van der Waals surface area contributed by atoms with Gasteiger partial charge in [-0.05, 0) is 50.3 Å². The number of furan rings is 1. The summed E-state index contributed by atoms with van der Waals surface area (Å²) in [7, 11) is 0. The van der Waals surface area contributed by atoms with Crippen LogP contribution in [0, 0.1) is 5.92 Å². The molecule has 0 aromatic carbocycles. The summed E-state index contributed by atoms with van der Waals surface area (Å²) in [6.45, 7) is 1.12. The van der Waals surface area contributed by atoms with E-state index >= 15 is 0 Å². The number of piperidine rings is 1. The fraction of sp³-hybridized carbons (Fsp3) is 0.438. The maximum absolute atomic E-state index is 5.99. The number of aromatic nitrogens is 1. The first-order valence-corrected chi connectivity index (χ1v) is 7.20. The minimum absolute atomic E-state index is 0.475. The largest absolute Gasteiger partial charge is 0.455 e. The molecule has 0 saturated carbocycles. The highest BCUT2D eigenvalue weighted by molar-refractivity contribution is 5.79. The summed E-state index contributed by atoms with van der Waals surface area (Å²) in [5, 5.41) is 3.67. The van der Waals surface area contributed by atoms with E-state index < -0.39 is 0 Å². The second-order valence-electron chi connectivity index (χ2n) is 5.57. The number of pyridine rings is 1. The van der Waals surface area contributed by atoms with Crippen LogP contribution in [-0.2, 0) is 0 Å². The quantitative estimate of drug-likeness (QED) is 0.848. The molecule has 0 amide bonds. The highest BCUT2D eigenvalue weighted by Gasteiger charge is 2.31. The van der Waals surface area contributed by atoms with Gasteiger partial charge in [0.1, 0.15) is 11.3 Å². The van der Waals surface area contributed by atoms with Gasteiger partial charge in [-0.1, -0.05) is 6.08 Å². The lowest BCUT2D eigenvalue weighted by Gasteiger charge is -2.36. The minimum atomic E-state index is 0.475. The first-order valence-electron chi connectivity index (χ1n) is 7.20. The second-order valence-corrected chi connectivity index (χ2v) is 5.57. The summed E-state index contributed by atoms with van der Waals surface area (Å²) >= 11 is 0. The summed E-state index contributed by atoms with van der Waals surface area (Å²) in [6.07, 6.45) is 9.28. The third-order valence-electron chi connectivity index (χ3n) is 4.40. The van der Waals surface area contributed by atoms with E-state index in [2.05, 4.69) is 22.4 Å². The lowest BCUT2D eigenvalue weighted by Crippen LogP contribution is -2.43. The zero-order valence-corrected chi connectivity index (χ0v) is 10.9. The number of rotatable bonds is 1. The maximum atomic E-state index is 5.99. The standard InChI is InChI=1S/C16H18N2O/c1-4-11-5-2-9-18-16(11)12(6-1)15-10-13-14(19-15)7-3-8-17-13/h3,6-8,10-11,16,18H,1-2,4-5,9H2/t11-,16+/m0/s1. The van der Waals surface area contributed by atoms with E-state index in [1.165, 1.54) is 31.3 Å². The van der Waals surface area contributed by atoms with Crippen LogP contribution in [0.1, 0.15) is 31.4 Å². The Morgan fingerprint density at radius 1 is 1.32 bits per heavy atom. The van der Waals surface area contributed by atoms with Gasteiger partial charge in [-0.15, -0.1) is 0 Å². The number of allylic oxidation sites excluding steroid dienone is 1. The van der Waals surface area contributed by atoms with Gasteiger partial charge >= 0.3 is 0 Å². The number of hydrogen-bond donors (Lipinski definition) is 1. The van der Waals surface area contributed by atoms with Gasteiger partial charge in [0.25, 0.3) is 0 Å². The molecular weight excluding hydrogens is 236 g/mol. The molecule has 0 spiro atoms. The molecule has 0 unspecified atom stereocenters. The Morgan fingerprint density at radius 2 is 2.32 bits per heavy atom. The molecule has 1 N–H and O–H groups in total. The normalized spacial score (nSPS) is 27.1. The molecule has 19 heavy (non-hydrogen) atoms. The number of hydrogen-bond acceptors (Lipinski definition) is 3. The van der Waals surface area contributed by atoms with Gasteiger partial charge in [-0.3, -0.25) is 4.98 Å². The van der Waals surface area contributed by atoms with Crippen molar-refractivity contribution in [2.24, 2.45) is 5.92 Å². The van der Waals surface area contributed by atoms with E-state index in [-0.39, 0.29) is 0 Å². The van der Waals surface area contributed by atoms with Gasteiger partial charge in [0.05, 0.1) is 0 Å². The van der Waals surface area contributed by atoms with Gasteiger partial charge in [-0.2, -0.15) is 0 Å². The maximum Gasteiger partial charge on any atom is 0.153 e. The van der Waals surface area contributed by atoms with Crippen molar-refractivity contribution in [1.29, 1.82) is 0 Å². The highest BCUT2D eigenvalue weighted by atomic mass is 16.3. The Morgan fingerprint density at radius 3 is 3.26 bits per heavy atom. The van der Waals surface area contributed by atoms with Gasteiger partial charge in [0.2, 0.25) is 0 Å². The molecule has 2 aliphatic rings. The van der Waals surface area contributed by atoms with Gasteiger partial charge in [-0.25, -0.2) is 0 Å². The smallest absolute Gasteiger partial charge is 0.153 e. The molecule has 0 bridgehead atoms. The molecule has 2 atom stereocenters. The molecule has 2 aromatic rings. The van der Waals surface area contributed by atoms with Gasteiger partial charge in [0.15, 0.2) is 5.58 Å². The monoisotopic (exact) mass is 254 g/mol. The van der Waals surface area contributed by atoms with E-state index in [0.717, 1.165) is 29.3 Å². The predicted octanol–water partition coefficient (Wildman–Crippen LogP) is 3.37. The summed E-state index contributed by atoms with van der Waals surface area (Å²) < 4.78 is 5.99. The SMILES string of the molecule is C1=C(c2cc3ncccc3o2)[C@@H]2NCCC[C@@H]2CC1. The van der Waals surface area contributed by atoms with Crippen LogP contribution < -0.4 is 5.32 Å². The van der Waals surface area contributed by atoms with Crippen LogP contribution in [0.5, 0.6) is 0 Å². The molecule has 2 aromatic heterocycles.